The van der Waals surface area contributed by atoms with Crippen molar-refractivity contribution in [3.8, 4) is 0 Å². The lowest BCUT2D eigenvalue weighted by Gasteiger charge is -2.33. The summed E-state index contributed by atoms with van der Waals surface area (Å²) in [4.78, 5) is 18.6. The third-order valence-corrected chi connectivity index (χ3v) is 4.08. The Kier molecular flexibility index (Phi) is 4.85. The van der Waals surface area contributed by atoms with Gasteiger partial charge in [-0.2, -0.15) is 0 Å². The van der Waals surface area contributed by atoms with Gasteiger partial charge < -0.3 is 9.73 Å². The maximum atomic E-state index is 12.2. The van der Waals surface area contributed by atoms with Gasteiger partial charge in [-0.25, -0.2) is 0 Å². The quantitative estimate of drug-likeness (QED) is 0.922. The lowest BCUT2D eigenvalue weighted by Crippen LogP contribution is -2.40. The summed E-state index contributed by atoms with van der Waals surface area (Å²) in [6, 6.07) is 7.51. The van der Waals surface area contributed by atoms with Gasteiger partial charge in [0.1, 0.15) is 5.76 Å². The van der Waals surface area contributed by atoms with Crippen LogP contribution in [0.5, 0.6) is 0 Å². The predicted octanol–water partition coefficient (Wildman–Crippen LogP) is 2.63. The maximum absolute atomic E-state index is 12.2. The molecule has 1 saturated heterocycles. The number of hydrogen-bond acceptors (Lipinski definition) is 4. The van der Waals surface area contributed by atoms with E-state index in [0.29, 0.717) is 12.1 Å². The molecule has 116 valence electrons. The predicted molar refractivity (Wildman–Crippen MR) is 83.4 cm³/mol. The second-order valence-electron chi connectivity index (χ2n) is 5.58. The number of nitrogens with zero attached hydrogens (tertiary/aromatic N) is 2. The fourth-order valence-corrected chi connectivity index (χ4v) is 2.91. The molecule has 1 N–H and O–H groups in total. The van der Waals surface area contributed by atoms with Crippen molar-refractivity contribution in [2.24, 2.45) is 0 Å². The van der Waals surface area contributed by atoms with Crippen LogP contribution in [0.2, 0.25) is 0 Å². The van der Waals surface area contributed by atoms with Crippen molar-refractivity contribution >= 4 is 5.91 Å². The van der Waals surface area contributed by atoms with Crippen LogP contribution in [0.4, 0.5) is 0 Å². The van der Waals surface area contributed by atoms with Crippen molar-refractivity contribution in [3.05, 3.63) is 54.2 Å². The molecule has 5 nitrogen and oxygen atoms in total. The van der Waals surface area contributed by atoms with E-state index >= 15 is 0 Å². The van der Waals surface area contributed by atoms with Gasteiger partial charge in [-0.3, -0.25) is 14.7 Å². The van der Waals surface area contributed by atoms with Gasteiger partial charge in [0.05, 0.1) is 17.9 Å². The highest BCUT2D eigenvalue weighted by Crippen LogP contribution is 2.24. The first-order chi connectivity index (χ1) is 10.8. The van der Waals surface area contributed by atoms with Crippen LogP contribution in [-0.4, -0.2) is 35.4 Å². The molecule has 3 heterocycles. The van der Waals surface area contributed by atoms with Crippen LogP contribution in [0, 0.1) is 0 Å². The minimum absolute atomic E-state index is 0.0934. The van der Waals surface area contributed by atoms with E-state index < -0.39 is 0 Å². The molecule has 2 aromatic rings. The summed E-state index contributed by atoms with van der Waals surface area (Å²) < 4.78 is 5.58. The SMILES string of the molecule is O=C(NC[C@@H](c1ccco1)N1CCCCC1)c1cccnc1. The maximum Gasteiger partial charge on any atom is 0.252 e. The number of hydrogen-bond donors (Lipinski definition) is 1. The highest BCUT2D eigenvalue weighted by Gasteiger charge is 2.25. The Bertz CT molecular complexity index is 577. The van der Waals surface area contributed by atoms with Crippen molar-refractivity contribution < 1.29 is 9.21 Å². The number of furan rings is 1. The molecule has 1 aliphatic rings. The summed E-state index contributed by atoms with van der Waals surface area (Å²) in [6.07, 6.45) is 8.62. The number of nitrogens with one attached hydrogen (secondary N) is 1. The Balaban J connectivity index is 1.66. The highest BCUT2D eigenvalue weighted by atomic mass is 16.3. The Morgan fingerprint density at radius 1 is 1.27 bits per heavy atom. The third-order valence-electron chi connectivity index (χ3n) is 4.08. The molecular formula is C17H21N3O2. The smallest absolute Gasteiger partial charge is 0.252 e. The van der Waals surface area contributed by atoms with E-state index in [1.54, 1.807) is 30.8 Å². The van der Waals surface area contributed by atoms with Crippen LogP contribution < -0.4 is 5.32 Å². The average molecular weight is 299 g/mol. The first kappa shape index (κ1) is 14.8. The molecule has 0 spiro atoms. The number of likely N-dealkylation sites (tertiary alicyclic amines) is 1. The molecule has 22 heavy (non-hydrogen) atoms. The molecule has 0 aromatic carbocycles. The molecule has 1 atom stereocenters. The van der Waals surface area contributed by atoms with Crippen LogP contribution in [0.25, 0.3) is 0 Å². The monoisotopic (exact) mass is 299 g/mol. The summed E-state index contributed by atoms with van der Waals surface area (Å²) >= 11 is 0. The minimum atomic E-state index is -0.0957. The van der Waals surface area contributed by atoms with Crippen LogP contribution in [0.3, 0.4) is 0 Å². The van der Waals surface area contributed by atoms with Gasteiger partial charge in [0.25, 0.3) is 5.91 Å². The van der Waals surface area contributed by atoms with Crippen molar-refractivity contribution in [1.82, 2.24) is 15.2 Å². The second kappa shape index (κ2) is 7.22. The molecule has 1 fully saturated rings. The molecule has 0 unspecified atom stereocenters. The molecule has 2 aromatic heterocycles. The molecule has 0 aliphatic carbocycles. The first-order valence-electron chi connectivity index (χ1n) is 7.80. The normalized spacial score (nSPS) is 17.1. The van der Waals surface area contributed by atoms with E-state index in [4.69, 9.17) is 4.42 Å². The molecule has 5 heteroatoms. The van der Waals surface area contributed by atoms with Crippen molar-refractivity contribution in [3.63, 3.8) is 0 Å². The molecule has 0 saturated carbocycles. The number of carbonyl (C=O) groups is 1. The van der Waals surface area contributed by atoms with E-state index in [9.17, 15) is 4.79 Å². The van der Waals surface area contributed by atoms with Crippen LogP contribution in [0.1, 0.15) is 41.4 Å². The van der Waals surface area contributed by atoms with Crippen molar-refractivity contribution in [2.75, 3.05) is 19.6 Å². The Hall–Kier alpha value is -2.14. The standard InChI is InChI=1S/C17H21N3O2/c21-17(14-6-4-8-18-12-14)19-13-15(16-7-5-11-22-16)20-9-2-1-3-10-20/h4-8,11-12,15H,1-3,9-10,13H2,(H,19,21)/t15-/m0/s1. The van der Waals surface area contributed by atoms with Gasteiger partial charge in [-0.15, -0.1) is 0 Å². The number of aromatic nitrogens is 1. The van der Waals surface area contributed by atoms with Gasteiger partial charge in [-0.05, 0) is 50.2 Å². The minimum Gasteiger partial charge on any atom is -0.468 e. The molecule has 0 bridgehead atoms. The Labute approximate surface area is 130 Å². The van der Waals surface area contributed by atoms with E-state index in [0.717, 1.165) is 18.8 Å². The van der Waals surface area contributed by atoms with Gasteiger partial charge >= 0.3 is 0 Å². The van der Waals surface area contributed by atoms with Crippen LogP contribution >= 0.6 is 0 Å². The van der Waals surface area contributed by atoms with E-state index in [-0.39, 0.29) is 11.9 Å². The van der Waals surface area contributed by atoms with Gasteiger partial charge in [0.15, 0.2) is 0 Å². The Morgan fingerprint density at radius 3 is 2.82 bits per heavy atom. The molecule has 1 aliphatic heterocycles. The van der Waals surface area contributed by atoms with E-state index in [1.807, 2.05) is 12.1 Å². The van der Waals surface area contributed by atoms with Gasteiger partial charge in [0.2, 0.25) is 0 Å². The van der Waals surface area contributed by atoms with E-state index in [2.05, 4.69) is 15.2 Å². The lowest BCUT2D eigenvalue weighted by atomic mass is 10.1. The number of piperidine rings is 1. The fraction of sp³-hybridized carbons (Fsp3) is 0.412. The first-order valence-corrected chi connectivity index (χ1v) is 7.80. The zero-order valence-electron chi connectivity index (χ0n) is 12.6. The zero-order chi connectivity index (χ0) is 15.2. The Morgan fingerprint density at radius 2 is 2.14 bits per heavy atom. The third kappa shape index (κ3) is 3.54. The summed E-state index contributed by atoms with van der Waals surface area (Å²) in [6.45, 7) is 2.64. The van der Waals surface area contributed by atoms with Crippen molar-refractivity contribution in [2.45, 2.75) is 25.3 Å². The number of rotatable bonds is 5. The summed E-state index contributed by atoms with van der Waals surface area (Å²) in [5.74, 6) is 0.815. The molecule has 1 amide bonds. The lowest BCUT2D eigenvalue weighted by molar-refractivity contribution is 0.0913. The van der Waals surface area contributed by atoms with Crippen molar-refractivity contribution in [1.29, 1.82) is 0 Å². The second-order valence-corrected chi connectivity index (χ2v) is 5.58. The van der Waals surface area contributed by atoms with Gasteiger partial charge in [-0.1, -0.05) is 6.42 Å². The molecule has 3 rings (SSSR count). The van der Waals surface area contributed by atoms with Gasteiger partial charge in [0, 0.05) is 18.9 Å². The van der Waals surface area contributed by atoms with Crippen LogP contribution in [-0.2, 0) is 0 Å². The number of amides is 1. The van der Waals surface area contributed by atoms with Crippen LogP contribution in [0.15, 0.2) is 47.3 Å². The largest absolute Gasteiger partial charge is 0.468 e. The summed E-state index contributed by atoms with van der Waals surface area (Å²) in [5.41, 5.74) is 0.583. The fourth-order valence-electron chi connectivity index (χ4n) is 2.91. The van der Waals surface area contributed by atoms with E-state index in [1.165, 1.54) is 19.3 Å². The molecule has 0 radical (unpaired) electrons. The summed E-state index contributed by atoms with van der Waals surface area (Å²) in [7, 11) is 0. The zero-order valence-corrected chi connectivity index (χ0v) is 12.6. The topological polar surface area (TPSA) is 58.4 Å². The highest BCUT2D eigenvalue weighted by molar-refractivity contribution is 5.93. The number of carbonyl (C=O) groups excluding carboxylic acids is 1. The average Bonchev–Trinajstić information content (AvgIpc) is 3.11. The molecular weight excluding hydrogens is 278 g/mol. The summed E-state index contributed by atoms with van der Waals surface area (Å²) in [5, 5.41) is 3.00. The number of pyridine rings is 1.